The van der Waals surface area contributed by atoms with Gasteiger partial charge in [0.05, 0.1) is 23.9 Å². The van der Waals surface area contributed by atoms with Crippen molar-refractivity contribution >= 4 is 11.8 Å². The quantitative estimate of drug-likeness (QED) is 0.272. The second-order valence-electron chi connectivity index (χ2n) is 9.58. The summed E-state index contributed by atoms with van der Waals surface area (Å²) in [6.07, 6.45) is -0.718. The maximum Gasteiger partial charge on any atom is 0.416 e. The molecule has 0 bridgehead atoms. The van der Waals surface area contributed by atoms with Gasteiger partial charge in [0.15, 0.2) is 5.78 Å². The van der Waals surface area contributed by atoms with Gasteiger partial charge < -0.3 is 19.7 Å². The lowest BCUT2D eigenvalue weighted by atomic mass is 9.85. The molecule has 198 valence electrons. The van der Waals surface area contributed by atoms with E-state index in [-0.39, 0.29) is 54.9 Å². The number of halogens is 3. The number of ether oxygens (including phenoxy) is 2. The maximum absolute atomic E-state index is 12.8. The average molecular weight is 503 g/mol. The van der Waals surface area contributed by atoms with Crippen LogP contribution in [0.4, 0.5) is 13.2 Å². The summed E-state index contributed by atoms with van der Waals surface area (Å²) in [6, 6.07) is 4.37. The van der Waals surface area contributed by atoms with E-state index in [1.54, 1.807) is 0 Å². The van der Waals surface area contributed by atoms with Crippen molar-refractivity contribution in [3.05, 3.63) is 29.8 Å². The standard InChI is InChI=1S/C26H37F3O6/c1-17(2)35-25(33)11-6-4-3-5-10-21-22(24(32)15-23(21)31)13-12-19(30)16-34-20-9-7-8-18(14-20)26(27,28)29/h7-9,14,17,21-24,31-32H,3-6,10-13,15-16H2,1-2H3/t21-,22-,23+,24-/m1/s1. The van der Waals surface area contributed by atoms with Crippen LogP contribution in [0.3, 0.4) is 0 Å². The van der Waals surface area contributed by atoms with Crippen LogP contribution in [0.1, 0.15) is 77.2 Å². The highest BCUT2D eigenvalue weighted by Gasteiger charge is 2.40. The lowest BCUT2D eigenvalue weighted by Crippen LogP contribution is -2.24. The number of carbonyl (C=O) groups excluding carboxylic acids is 2. The number of esters is 1. The summed E-state index contributed by atoms with van der Waals surface area (Å²) in [5, 5.41) is 20.7. The van der Waals surface area contributed by atoms with Crippen molar-refractivity contribution in [2.24, 2.45) is 11.8 Å². The Bertz CT molecular complexity index is 811. The summed E-state index contributed by atoms with van der Waals surface area (Å²) >= 11 is 0. The van der Waals surface area contributed by atoms with Gasteiger partial charge in [0.25, 0.3) is 0 Å². The number of unbranched alkanes of at least 4 members (excludes halogenated alkanes) is 3. The van der Waals surface area contributed by atoms with Gasteiger partial charge in [-0.2, -0.15) is 13.2 Å². The lowest BCUT2D eigenvalue weighted by Gasteiger charge is -2.23. The molecule has 0 aromatic heterocycles. The Morgan fingerprint density at radius 2 is 1.66 bits per heavy atom. The third kappa shape index (κ3) is 10.2. The number of ketones is 1. The number of alkyl halides is 3. The van der Waals surface area contributed by atoms with E-state index < -0.39 is 23.9 Å². The number of hydrogen-bond donors (Lipinski definition) is 2. The molecule has 0 heterocycles. The molecule has 6 nitrogen and oxygen atoms in total. The molecule has 0 unspecified atom stereocenters. The molecule has 0 spiro atoms. The Morgan fingerprint density at radius 3 is 2.31 bits per heavy atom. The molecule has 0 saturated heterocycles. The molecule has 2 rings (SSSR count). The molecular weight excluding hydrogens is 465 g/mol. The van der Waals surface area contributed by atoms with Crippen molar-refractivity contribution in [3.8, 4) is 5.75 Å². The fourth-order valence-corrected chi connectivity index (χ4v) is 4.63. The molecular formula is C26H37F3O6. The van der Waals surface area contributed by atoms with Crippen molar-refractivity contribution in [1.82, 2.24) is 0 Å². The van der Waals surface area contributed by atoms with Gasteiger partial charge in [-0.05, 0) is 69.6 Å². The molecule has 1 fully saturated rings. The molecule has 35 heavy (non-hydrogen) atoms. The van der Waals surface area contributed by atoms with Crippen LogP contribution in [0.5, 0.6) is 5.75 Å². The molecule has 1 aromatic carbocycles. The van der Waals surface area contributed by atoms with E-state index in [1.807, 2.05) is 13.8 Å². The summed E-state index contributed by atoms with van der Waals surface area (Å²) in [4.78, 5) is 23.8. The molecule has 2 N–H and O–H groups in total. The number of carbonyl (C=O) groups is 2. The van der Waals surface area contributed by atoms with E-state index in [0.29, 0.717) is 19.3 Å². The van der Waals surface area contributed by atoms with Gasteiger partial charge >= 0.3 is 12.1 Å². The molecule has 1 aliphatic carbocycles. The van der Waals surface area contributed by atoms with E-state index in [2.05, 4.69) is 0 Å². The molecule has 1 saturated carbocycles. The highest BCUT2D eigenvalue weighted by molar-refractivity contribution is 5.79. The predicted octanol–water partition coefficient (Wildman–Crippen LogP) is 5.08. The highest BCUT2D eigenvalue weighted by Crippen LogP contribution is 2.39. The highest BCUT2D eigenvalue weighted by atomic mass is 19.4. The van der Waals surface area contributed by atoms with Crippen LogP contribution in [0, 0.1) is 11.8 Å². The summed E-state index contributed by atoms with van der Waals surface area (Å²) < 4.78 is 48.8. The Kier molecular flexibility index (Phi) is 11.5. The summed E-state index contributed by atoms with van der Waals surface area (Å²) in [5.74, 6) is -0.837. The number of Topliss-reactive ketones (excluding diaryl/α,β-unsaturated/α-hetero) is 1. The first-order valence-corrected chi connectivity index (χ1v) is 12.3. The van der Waals surface area contributed by atoms with Gasteiger partial charge in [0, 0.05) is 12.8 Å². The van der Waals surface area contributed by atoms with E-state index in [4.69, 9.17) is 9.47 Å². The smallest absolute Gasteiger partial charge is 0.416 e. The summed E-state index contributed by atoms with van der Waals surface area (Å²) in [5.41, 5.74) is -0.844. The first-order chi connectivity index (χ1) is 16.5. The zero-order chi connectivity index (χ0) is 26.0. The minimum Gasteiger partial charge on any atom is -0.486 e. The van der Waals surface area contributed by atoms with Crippen LogP contribution in [0.25, 0.3) is 0 Å². The molecule has 0 aliphatic heterocycles. The van der Waals surface area contributed by atoms with Gasteiger partial charge in [0.2, 0.25) is 0 Å². The molecule has 4 atom stereocenters. The van der Waals surface area contributed by atoms with Crippen LogP contribution in [-0.4, -0.2) is 46.9 Å². The van der Waals surface area contributed by atoms with Crippen LogP contribution >= 0.6 is 0 Å². The Balaban J connectivity index is 1.72. The third-order valence-electron chi connectivity index (χ3n) is 6.37. The number of aliphatic hydroxyl groups excluding tert-OH is 2. The van der Waals surface area contributed by atoms with Crippen molar-refractivity contribution in [3.63, 3.8) is 0 Å². The second-order valence-corrected chi connectivity index (χ2v) is 9.58. The van der Waals surface area contributed by atoms with E-state index in [1.165, 1.54) is 12.1 Å². The van der Waals surface area contributed by atoms with Gasteiger partial charge in [-0.25, -0.2) is 0 Å². The Hall–Kier alpha value is -2.13. The van der Waals surface area contributed by atoms with Crippen LogP contribution in [0.2, 0.25) is 0 Å². The van der Waals surface area contributed by atoms with Gasteiger partial charge in [0.1, 0.15) is 12.4 Å². The van der Waals surface area contributed by atoms with Gasteiger partial charge in [-0.3, -0.25) is 9.59 Å². The Morgan fingerprint density at radius 1 is 1.00 bits per heavy atom. The zero-order valence-electron chi connectivity index (χ0n) is 20.4. The maximum atomic E-state index is 12.8. The van der Waals surface area contributed by atoms with Crippen molar-refractivity contribution in [2.45, 2.75) is 96.1 Å². The lowest BCUT2D eigenvalue weighted by molar-refractivity contribution is -0.147. The number of benzene rings is 1. The van der Waals surface area contributed by atoms with Crippen molar-refractivity contribution in [2.75, 3.05) is 6.61 Å². The van der Waals surface area contributed by atoms with Gasteiger partial charge in [-0.1, -0.05) is 25.3 Å². The monoisotopic (exact) mass is 502 g/mol. The fraction of sp³-hybridized carbons (Fsp3) is 0.692. The second kappa shape index (κ2) is 13.8. The zero-order valence-corrected chi connectivity index (χ0v) is 20.4. The SMILES string of the molecule is CC(C)OC(=O)CCCCCC[C@@H]1[C@@H](CCC(=O)COc2cccc(C(F)(F)F)c2)[C@H](O)C[C@@H]1O. The van der Waals surface area contributed by atoms with Crippen molar-refractivity contribution in [1.29, 1.82) is 0 Å². The largest absolute Gasteiger partial charge is 0.486 e. The van der Waals surface area contributed by atoms with E-state index in [0.717, 1.165) is 37.8 Å². The fourth-order valence-electron chi connectivity index (χ4n) is 4.63. The van der Waals surface area contributed by atoms with Gasteiger partial charge in [-0.15, -0.1) is 0 Å². The minimum atomic E-state index is -4.49. The minimum absolute atomic E-state index is 0.0279. The average Bonchev–Trinajstić information content (AvgIpc) is 3.04. The van der Waals surface area contributed by atoms with Crippen LogP contribution in [-0.2, 0) is 20.5 Å². The normalized spacial score (nSPS) is 22.4. The predicted molar refractivity (Wildman–Crippen MR) is 124 cm³/mol. The summed E-state index contributed by atoms with van der Waals surface area (Å²) in [6.45, 7) is 3.27. The first kappa shape index (κ1) is 29.1. The van der Waals surface area contributed by atoms with E-state index >= 15 is 0 Å². The van der Waals surface area contributed by atoms with Crippen LogP contribution in [0.15, 0.2) is 24.3 Å². The van der Waals surface area contributed by atoms with E-state index in [9.17, 15) is 33.0 Å². The first-order valence-electron chi connectivity index (χ1n) is 12.3. The topological polar surface area (TPSA) is 93.1 Å². The molecule has 9 heteroatoms. The number of hydrogen-bond acceptors (Lipinski definition) is 6. The number of aliphatic hydroxyl groups is 2. The molecule has 1 aromatic rings. The molecule has 0 amide bonds. The van der Waals surface area contributed by atoms with Crippen LogP contribution < -0.4 is 4.74 Å². The number of rotatable bonds is 14. The van der Waals surface area contributed by atoms with Crippen molar-refractivity contribution < 1.29 is 42.4 Å². The molecule has 0 radical (unpaired) electrons. The summed E-state index contributed by atoms with van der Waals surface area (Å²) in [7, 11) is 0. The third-order valence-corrected chi connectivity index (χ3v) is 6.37. The molecule has 1 aliphatic rings. The Labute approximate surface area is 204 Å².